The molecule has 2 rings (SSSR count). The van der Waals surface area contributed by atoms with Gasteiger partial charge in [0.1, 0.15) is 0 Å². The van der Waals surface area contributed by atoms with Crippen LogP contribution in [0.25, 0.3) is 10.9 Å². The maximum absolute atomic E-state index is 4.23. The zero-order chi connectivity index (χ0) is 11.7. The second-order valence-electron chi connectivity index (χ2n) is 3.07. The summed E-state index contributed by atoms with van der Waals surface area (Å²) in [5.41, 5.74) is 1.06. The van der Waals surface area contributed by atoms with Crippen molar-refractivity contribution >= 4 is 10.9 Å². The quantitative estimate of drug-likeness (QED) is 0.636. The van der Waals surface area contributed by atoms with Crippen LogP contribution < -0.4 is 0 Å². The lowest BCUT2D eigenvalue weighted by atomic mass is 10.3. The summed E-state index contributed by atoms with van der Waals surface area (Å²) < 4.78 is 1.82. The number of fused-ring (bicyclic) bond motifs is 1. The van der Waals surface area contributed by atoms with Crippen molar-refractivity contribution in [3.8, 4) is 0 Å². The van der Waals surface area contributed by atoms with E-state index in [0.717, 1.165) is 5.52 Å². The van der Waals surface area contributed by atoms with E-state index in [4.69, 9.17) is 0 Å². The van der Waals surface area contributed by atoms with Crippen molar-refractivity contribution in [2.24, 2.45) is 7.05 Å². The lowest BCUT2D eigenvalue weighted by Gasteiger charge is -1.80. The van der Waals surface area contributed by atoms with Crippen LogP contribution in [0, 0.1) is 0 Å². The van der Waals surface area contributed by atoms with Gasteiger partial charge in [0, 0.05) is 18.6 Å². The first-order valence-corrected chi connectivity index (χ1v) is 5.66. The largest absolute Gasteiger partial charge is 0.275 e. The molecule has 0 spiro atoms. The molecule has 0 saturated heterocycles. The summed E-state index contributed by atoms with van der Waals surface area (Å²) in [6, 6.07) is 8.08. The van der Waals surface area contributed by atoms with Gasteiger partial charge in [0.05, 0.1) is 5.52 Å². The highest BCUT2D eigenvalue weighted by atomic mass is 15.2. The minimum atomic E-state index is 1.06. The molecule has 2 heteroatoms. The van der Waals surface area contributed by atoms with Crippen LogP contribution in [0.15, 0.2) is 30.5 Å². The van der Waals surface area contributed by atoms with E-state index in [1.807, 2.05) is 50.0 Å². The Kier molecular flexibility index (Phi) is 7.33. The van der Waals surface area contributed by atoms with E-state index >= 15 is 0 Å². The summed E-state index contributed by atoms with van der Waals surface area (Å²) in [4.78, 5) is 0. The molecule has 84 valence electrons. The fraction of sp³-hybridized carbons (Fsp3) is 0.462. The SMILES string of the molecule is CC.CCC.Cn1cc2ccccc2n1. The Labute approximate surface area is 92.9 Å². The Bertz CT molecular complexity index is 330. The molecule has 0 radical (unpaired) electrons. The monoisotopic (exact) mass is 206 g/mol. The molecule has 0 amide bonds. The Morgan fingerprint density at radius 2 is 1.67 bits per heavy atom. The minimum Gasteiger partial charge on any atom is -0.275 e. The van der Waals surface area contributed by atoms with E-state index in [-0.39, 0.29) is 0 Å². The van der Waals surface area contributed by atoms with E-state index in [9.17, 15) is 0 Å². The van der Waals surface area contributed by atoms with Crippen LogP contribution >= 0.6 is 0 Å². The maximum Gasteiger partial charge on any atom is 0.0923 e. The lowest BCUT2D eigenvalue weighted by molar-refractivity contribution is 0.780. The van der Waals surface area contributed by atoms with Gasteiger partial charge < -0.3 is 0 Å². The minimum absolute atomic E-state index is 1.06. The summed E-state index contributed by atoms with van der Waals surface area (Å²) in [5.74, 6) is 0. The molecule has 0 atom stereocenters. The van der Waals surface area contributed by atoms with Gasteiger partial charge >= 0.3 is 0 Å². The Morgan fingerprint density at radius 3 is 2.20 bits per heavy atom. The second-order valence-corrected chi connectivity index (χ2v) is 3.07. The first-order valence-electron chi connectivity index (χ1n) is 5.66. The average Bonchev–Trinajstić information content (AvgIpc) is 2.62. The molecule has 0 aliphatic carbocycles. The van der Waals surface area contributed by atoms with Crippen molar-refractivity contribution in [3.63, 3.8) is 0 Å². The predicted octanol–water partition coefficient (Wildman–Crippen LogP) is 4.02. The molecular weight excluding hydrogens is 184 g/mol. The standard InChI is InChI=1S/C8H8N2.C3H8.C2H6/c1-10-6-7-4-2-3-5-8(7)9-10;1-3-2;1-2/h2-6H,1H3;3H2,1-2H3;1-2H3. The molecule has 0 saturated carbocycles. The van der Waals surface area contributed by atoms with Crippen LogP contribution in [0.4, 0.5) is 0 Å². The van der Waals surface area contributed by atoms with Gasteiger partial charge in [0.25, 0.3) is 0 Å². The Morgan fingerprint density at radius 1 is 1.13 bits per heavy atom. The second kappa shape index (κ2) is 8.04. The van der Waals surface area contributed by atoms with Crippen LogP contribution in [0.1, 0.15) is 34.1 Å². The highest BCUT2D eigenvalue weighted by Gasteiger charge is 1.92. The number of benzene rings is 1. The molecule has 0 N–H and O–H groups in total. The Hall–Kier alpha value is -1.31. The molecular formula is C13H22N2. The summed E-state index contributed by atoms with van der Waals surface area (Å²) in [6.45, 7) is 8.25. The molecule has 15 heavy (non-hydrogen) atoms. The van der Waals surface area contributed by atoms with Crippen LogP contribution in [0.3, 0.4) is 0 Å². The molecule has 1 heterocycles. The van der Waals surface area contributed by atoms with Crippen LogP contribution in [0.2, 0.25) is 0 Å². The van der Waals surface area contributed by atoms with Crippen molar-refractivity contribution < 1.29 is 0 Å². The van der Waals surface area contributed by atoms with Crippen molar-refractivity contribution in [2.75, 3.05) is 0 Å². The van der Waals surface area contributed by atoms with Crippen LogP contribution in [-0.4, -0.2) is 9.78 Å². The molecule has 0 unspecified atom stereocenters. The third-order valence-corrected chi connectivity index (χ3v) is 1.53. The number of rotatable bonds is 0. The fourth-order valence-electron chi connectivity index (χ4n) is 1.09. The normalized spacial score (nSPS) is 8.60. The first kappa shape index (κ1) is 13.7. The Balaban J connectivity index is 0.000000342. The van der Waals surface area contributed by atoms with Gasteiger partial charge in [-0.1, -0.05) is 52.3 Å². The number of aryl methyl sites for hydroxylation is 1. The molecule has 0 aliphatic rings. The van der Waals surface area contributed by atoms with E-state index in [0.29, 0.717) is 0 Å². The third kappa shape index (κ3) is 4.63. The van der Waals surface area contributed by atoms with Gasteiger partial charge in [-0.2, -0.15) is 5.10 Å². The van der Waals surface area contributed by atoms with E-state index < -0.39 is 0 Å². The fourth-order valence-corrected chi connectivity index (χ4v) is 1.09. The van der Waals surface area contributed by atoms with E-state index in [1.54, 1.807) is 0 Å². The smallest absolute Gasteiger partial charge is 0.0923 e. The first-order chi connectivity index (χ1) is 7.27. The van der Waals surface area contributed by atoms with E-state index in [1.165, 1.54) is 11.8 Å². The zero-order valence-corrected chi connectivity index (χ0v) is 10.5. The van der Waals surface area contributed by atoms with Crippen LogP contribution in [-0.2, 0) is 7.05 Å². The van der Waals surface area contributed by atoms with Gasteiger partial charge in [-0.05, 0) is 6.07 Å². The predicted molar refractivity (Wildman–Crippen MR) is 68.0 cm³/mol. The number of hydrogen-bond acceptors (Lipinski definition) is 1. The lowest BCUT2D eigenvalue weighted by Crippen LogP contribution is -1.84. The highest BCUT2D eigenvalue weighted by molar-refractivity contribution is 5.77. The van der Waals surface area contributed by atoms with Crippen molar-refractivity contribution in [2.45, 2.75) is 34.1 Å². The molecule has 1 aromatic heterocycles. The topological polar surface area (TPSA) is 17.8 Å². The third-order valence-electron chi connectivity index (χ3n) is 1.53. The molecule has 2 nitrogen and oxygen atoms in total. The molecule has 0 bridgehead atoms. The summed E-state index contributed by atoms with van der Waals surface area (Å²) in [6.07, 6.45) is 3.26. The molecule has 1 aromatic carbocycles. The van der Waals surface area contributed by atoms with Gasteiger partial charge in [0.2, 0.25) is 0 Å². The van der Waals surface area contributed by atoms with Crippen LogP contribution in [0.5, 0.6) is 0 Å². The summed E-state index contributed by atoms with van der Waals surface area (Å²) >= 11 is 0. The van der Waals surface area contributed by atoms with Gasteiger partial charge in [-0.3, -0.25) is 4.68 Å². The van der Waals surface area contributed by atoms with Gasteiger partial charge in [-0.15, -0.1) is 0 Å². The molecule has 2 aromatic rings. The zero-order valence-electron chi connectivity index (χ0n) is 10.5. The summed E-state index contributed by atoms with van der Waals surface area (Å²) in [5, 5.41) is 5.43. The number of hydrogen-bond donors (Lipinski definition) is 0. The molecule has 0 fully saturated rings. The maximum atomic E-state index is 4.23. The number of nitrogens with zero attached hydrogens (tertiary/aromatic N) is 2. The van der Waals surface area contributed by atoms with Crippen molar-refractivity contribution in [3.05, 3.63) is 30.5 Å². The summed E-state index contributed by atoms with van der Waals surface area (Å²) in [7, 11) is 1.93. The van der Waals surface area contributed by atoms with Gasteiger partial charge in [-0.25, -0.2) is 0 Å². The van der Waals surface area contributed by atoms with E-state index in [2.05, 4.69) is 25.0 Å². The highest BCUT2D eigenvalue weighted by Crippen LogP contribution is 2.08. The van der Waals surface area contributed by atoms with Crippen molar-refractivity contribution in [1.82, 2.24) is 9.78 Å². The number of aromatic nitrogens is 2. The van der Waals surface area contributed by atoms with Gasteiger partial charge in [0.15, 0.2) is 0 Å². The van der Waals surface area contributed by atoms with Crippen molar-refractivity contribution in [1.29, 1.82) is 0 Å². The average molecular weight is 206 g/mol. The molecule has 0 aliphatic heterocycles.